The molecule has 0 bridgehead atoms. The molecular formula is C9H8ClF3N2O2S. The van der Waals surface area contributed by atoms with Crippen LogP contribution in [0.4, 0.5) is 18.9 Å². The number of aromatic nitrogens is 1. The maximum Gasteiger partial charge on any atom is 0.433 e. The van der Waals surface area contributed by atoms with E-state index in [0.29, 0.717) is 12.3 Å². The van der Waals surface area contributed by atoms with Crippen LogP contribution in [0.5, 0.6) is 0 Å². The second-order valence-electron chi connectivity index (χ2n) is 3.37. The number of thioether (sulfide) groups is 1. The van der Waals surface area contributed by atoms with Crippen molar-refractivity contribution < 1.29 is 18.1 Å². The molecule has 1 unspecified atom stereocenters. The molecule has 0 N–H and O–H groups in total. The summed E-state index contributed by atoms with van der Waals surface area (Å²) in [5.41, 5.74) is -1.61. The van der Waals surface area contributed by atoms with Gasteiger partial charge in [-0.3, -0.25) is 10.1 Å². The molecule has 0 saturated heterocycles. The fourth-order valence-electron chi connectivity index (χ4n) is 1.06. The lowest BCUT2D eigenvalue weighted by molar-refractivity contribution is -0.388. The van der Waals surface area contributed by atoms with E-state index in [1.54, 1.807) is 6.92 Å². The minimum absolute atomic E-state index is 0.0875. The standard InChI is InChI=1S/C9H8ClF3N2O2S/c1-5(3-10)18-7-2-8(9(11,12)13)14-4-6(7)15(16)17/h2,4-5H,3H2,1H3. The summed E-state index contributed by atoms with van der Waals surface area (Å²) in [4.78, 5) is 12.9. The van der Waals surface area contributed by atoms with Crippen molar-refractivity contribution in [3.05, 3.63) is 28.1 Å². The number of hydrogen-bond donors (Lipinski definition) is 0. The predicted octanol–water partition coefficient (Wildman–Crippen LogP) is 3.73. The molecule has 1 atom stereocenters. The molecule has 0 amide bonds. The zero-order chi connectivity index (χ0) is 13.9. The molecule has 1 aromatic heterocycles. The van der Waals surface area contributed by atoms with Gasteiger partial charge in [0.1, 0.15) is 11.9 Å². The summed E-state index contributed by atoms with van der Waals surface area (Å²) >= 11 is 6.45. The van der Waals surface area contributed by atoms with Crippen LogP contribution < -0.4 is 0 Å². The van der Waals surface area contributed by atoms with Crippen LogP contribution in [-0.4, -0.2) is 21.0 Å². The SMILES string of the molecule is CC(CCl)Sc1cc(C(F)(F)F)ncc1[N+](=O)[O-]. The normalized spacial score (nSPS) is 13.4. The lowest BCUT2D eigenvalue weighted by Crippen LogP contribution is -2.09. The molecule has 0 radical (unpaired) electrons. The summed E-state index contributed by atoms with van der Waals surface area (Å²) in [7, 11) is 0. The van der Waals surface area contributed by atoms with Crippen LogP contribution in [-0.2, 0) is 6.18 Å². The van der Waals surface area contributed by atoms with Gasteiger partial charge >= 0.3 is 11.9 Å². The van der Waals surface area contributed by atoms with Gasteiger partial charge in [-0.1, -0.05) is 6.92 Å². The highest BCUT2D eigenvalue weighted by molar-refractivity contribution is 8.00. The zero-order valence-corrected chi connectivity index (χ0v) is 10.6. The number of rotatable bonds is 4. The van der Waals surface area contributed by atoms with Crippen LogP contribution in [0.2, 0.25) is 0 Å². The number of halogens is 4. The Bertz CT molecular complexity index is 456. The molecule has 100 valence electrons. The van der Waals surface area contributed by atoms with E-state index in [-0.39, 0.29) is 16.0 Å². The summed E-state index contributed by atoms with van der Waals surface area (Å²) < 4.78 is 37.4. The third kappa shape index (κ3) is 3.74. The Morgan fingerprint density at radius 2 is 2.22 bits per heavy atom. The molecule has 0 saturated carbocycles. The highest BCUT2D eigenvalue weighted by atomic mass is 35.5. The van der Waals surface area contributed by atoms with Gasteiger partial charge in [0.15, 0.2) is 0 Å². The van der Waals surface area contributed by atoms with Gasteiger partial charge < -0.3 is 0 Å². The molecule has 0 aliphatic carbocycles. The minimum atomic E-state index is -4.63. The summed E-state index contributed by atoms with van der Waals surface area (Å²) in [6, 6.07) is 0.672. The van der Waals surface area contributed by atoms with Crippen molar-refractivity contribution in [3.8, 4) is 0 Å². The smallest absolute Gasteiger partial charge is 0.258 e. The van der Waals surface area contributed by atoms with Crippen LogP contribution in [0.25, 0.3) is 0 Å². The molecule has 0 fully saturated rings. The monoisotopic (exact) mass is 300 g/mol. The van der Waals surface area contributed by atoms with Gasteiger partial charge in [-0.15, -0.1) is 23.4 Å². The van der Waals surface area contributed by atoms with Gasteiger partial charge in [0.25, 0.3) is 0 Å². The van der Waals surface area contributed by atoms with Gasteiger partial charge in [0, 0.05) is 11.1 Å². The minimum Gasteiger partial charge on any atom is -0.258 e. The summed E-state index contributed by atoms with van der Waals surface area (Å²) in [6.07, 6.45) is -4.01. The van der Waals surface area contributed by atoms with Crippen LogP contribution in [0, 0.1) is 10.1 Å². The maximum absolute atomic E-state index is 12.5. The van der Waals surface area contributed by atoms with Crippen LogP contribution >= 0.6 is 23.4 Å². The molecule has 1 aromatic rings. The molecule has 4 nitrogen and oxygen atoms in total. The van der Waals surface area contributed by atoms with Crippen LogP contribution in [0.15, 0.2) is 17.2 Å². The molecular weight excluding hydrogens is 293 g/mol. The number of nitrogens with zero attached hydrogens (tertiary/aromatic N) is 2. The summed E-state index contributed by atoms with van der Waals surface area (Å²) in [5, 5.41) is 10.4. The first-order valence-corrected chi connectivity index (χ1v) is 6.11. The Labute approximate surface area is 110 Å². The first-order chi connectivity index (χ1) is 8.25. The summed E-state index contributed by atoms with van der Waals surface area (Å²) in [6.45, 7) is 1.66. The second-order valence-corrected chi connectivity index (χ2v) is 5.16. The topological polar surface area (TPSA) is 56.0 Å². The van der Waals surface area contributed by atoms with E-state index in [4.69, 9.17) is 11.6 Å². The quantitative estimate of drug-likeness (QED) is 0.368. The van der Waals surface area contributed by atoms with E-state index in [2.05, 4.69) is 4.98 Å². The Kier molecular flexibility index (Phi) is 4.80. The predicted molar refractivity (Wildman–Crippen MR) is 61.9 cm³/mol. The number of hydrogen-bond acceptors (Lipinski definition) is 4. The van der Waals surface area contributed by atoms with Crippen LogP contribution in [0.1, 0.15) is 12.6 Å². The zero-order valence-electron chi connectivity index (χ0n) is 9.07. The average molecular weight is 301 g/mol. The molecule has 18 heavy (non-hydrogen) atoms. The molecule has 0 aromatic carbocycles. The average Bonchev–Trinajstić information content (AvgIpc) is 2.27. The maximum atomic E-state index is 12.5. The van der Waals surface area contributed by atoms with Gasteiger partial charge in [0.2, 0.25) is 0 Å². The molecule has 0 aliphatic heterocycles. The van der Waals surface area contributed by atoms with Crippen molar-refractivity contribution in [1.82, 2.24) is 4.98 Å². The Morgan fingerprint density at radius 3 is 2.67 bits per heavy atom. The molecule has 1 rings (SSSR count). The highest BCUT2D eigenvalue weighted by Gasteiger charge is 2.34. The third-order valence-corrected chi connectivity index (χ3v) is 3.67. The Hall–Kier alpha value is -1.02. The first kappa shape index (κ1) is 15.0. The second kappa shape index (κ2) is 5.75. The van der Waals surface area contributed by atoms with E-state index in [1.807, 2.05) is 0 Å². The van der Waals surface area contributed by atoms with Crippen molar-refractivity contribution in [2.45, 2.75) is 23.2 Å². The Balaban J connectivity index is 3.20. The Morgan fingerprint density at radius 1 is 1.61 bits per heavy atom. The van der Waals surface area contributed by atoms with E-state index in [9.17, 15) is 23.3 Å². The van der Waals surface area contributed by atoms with E-state index in [1.165, 1.54) is 0 Å². The fourth-order valence-corrected chi connectivity index (χ4v) is 2.18. The highest BCUT2D eigenvalue weighted by Crippen LogP contribution is 2.36. The van der Waals surface area contributed by atoms with E-state index >= 15 is 0 Å². The lowest BCUT2D eigenvalue weighted by atomic mass is 10.3. The van der Waals surface area contributed by atoms with Crippen molar-refractivity contribution >= 4 is 29.1 Å². The molecule has 9 heteroatoms. The molecule has 0 aliphatic rings. The molecule has 0 spiro atoms. The number of pyridine rings is 1. The van der Waals surface area contributed by atoms with Crippen LogP contribution in [0.3, 0.4) is 0 Å². The van der Waals surface area contributed by atoms with Gasteiger partial charge in [-0.2, -0.15) is 13.2 Å². The van der Waals surface area contributed by atoms with Crippen molar-refractivity contribution in [2.75, 3.05) is 5.88 Å². The summed E-state index contributed by atoms with van der Waals surface area (Å²) in [5.74, 6) is 0.172. The lowest BCUT2D eigenvalue weighted by Gasteiger charge is -2.10. The van der Waals surface area contributed by atoms with Gasteiger partial charge in [-0.25, -0.2) is 4.98 Å². The van der Waals surface area contributed by atoms with Crippen molar-refractivity contribution in [2.24, 2.45) is 0 Å². The van der Waals surface area contributed by atoms with Crippen molar-refractivity contribution in [3.63, 3.8) is 0 Å². The van der Waals surface area contributed by atoms with E-state index < -0.39 is 22.5 Å². The number of nitro groups is 1. The fraction of sp³-hybridized carbons (Fsp3) is 0.444. The van der Waals surface area contributed by atoms with E-state index in [0.717, 1.165) is 11.8 Å². The largest absolute Gasteiger partial charge is 0.433 e. The van der Waals surface area contributed by atoms with Gasteiger partial charge in [0.05, 0.1) is 9.82 Å². The molecule has 1 heterocycles. The van der Waals surface area contributed by atoms with Gasteiger partial charge in [-0.05, 0) is 6.07 Å². The third-order valence-electron chi connectivity index (χ3n) is 1.88. The first-order valence-electron chi connectivity index (χ1n) is 4.70. The number of alkyl halides is 4. The van der Waals surface area contributed by atoms with Crippen molar-refractivity contribution in [1.29, 1.82) is 0 Å².